The van der Waals surface area contributed by atoms with Gasteiger partial charge in [0.1, 0.15) is 10.6 Å². The third kappa shape index (κ3) is 2.22. The van der Waals surface area contributed by atoms with E-state index in [1.165, 1.54) is 10.6 Å². The molecule has 0 spiro atoms. The van der Waals surface area contributed by atoms with E-state index in [0.717, 1.165) is 0 Å². The molecule has 15 heavy (non-hydrogen) atoms. The van der Waals surface area contributed by atoms with Crippen LogP contribution in [0.3, 0.4) is 0 Å². The minimum absolute atomic E-state index is 1.23. The monoisotopic (exact) mass is 235 g/mol. The molecule has 2 aromatic rings. The molecule has 0 N–H and O–H groups in total. The Morgan fingerprint density at radius 1 is 0.733 bits per heavy atom. The zero-order valence-electron chi connectivity index (χ0n) is 8.60. The van der Waals surface area contributed by atoms with Crippen molar-refractivity contribution in [3.8, 4) is 0 Å². The first-order valence-electron chi connectivity index (χ1n) is 4.88. The smallest absolute Gasteiger partial charge is 0.0620 e. The van der Waals surface area contributed by atoms with Crippen LogP contribution in [0.25, 0.3) is 0 Å². The van der Waals surface area contributed by atoms with Gasteiger partial charge in [0.2, 0.25) is 0 Å². The lowest BCUT2D eigenvalue weighted by Crippen LogP contribution is -2.16. The van der Waals surface area contributed by atoms with E-state index in [1.807, 2.05) is 36.4 Å². The van der Waals surface area contributed by atoms with Crippen molar-refractivity contribution in [2.45, 2.75) is 0 Å². The molecule has 0 nitrogen and oxygen atoms in total. The van der Waals surface area contributed by atoms with Gasteiger partial charge in [0.05, 0.1) is 17.9 Å². The van der Waals surface area contributed by atoms with Gasteiger partial charge in [0, 0.05) is 0 Å². The van der Waals surface area contributed by atoms with Crippen LogP contribution in [-0.4, -0.2) is 6.66 Å². The van der Waals surface area contributed by atoms with Gasteiger partial charge in [0.25, 0.3) is 0 Å². The Hall–Kier alpha value is -0.840. The molecule has 0 fully saturated rings. The summed E-state index contributed by atoms with van der Waals surface area (Å²) in [5.41, 5.74) is 0. The van der Waals surface area contributed by atoms with Crippen LogP contribution in [0.2, 0.25) is 0 Å². The molecule has 0 saturated carbocycles. The fraction of sp³-hybridized carbons (Fsp3) is 0.0769. The van der Waals surface area contributed by atoms with Gasteiger partial charge in [-0.05, 0) is 24.3 Å². The number of halogens is 1. The molecule has 2 rings (SSSR count). The fourth-order valence-electron chi connectivity index (χ4n) is 1.56. The first kappa shape index (κ1) is 10.7. The Labute approximate surface area is 96.0 Å². The zero-order valence-corrected chi connectivity index (χ0v) is 10.2. The van der Waals surface area contributed by atoms with Crippen molar-refractivity contribution >= 4 is 28.5 Å². The van der Waals surface area contributed by atoms with Gasteiger partial charge in [-0.2, -0.15) is 0 Å². The Morgan fingerprint density at radius 2 is 1.07 bits per heavy atom. The summed E-state index contributed by atoms with van der Waals surface area (Å²) in [5, 5.41) is 2.47. The first-order chi connectivity index (χ1) is 7.21. The number of hydrogen-bond acceptors (Lipinski definition) is 0. The van der Waals surface area contributed by atoms with E-state index < -0.39 is 6.62 Å². The lowest BCUT2D eigenvalue weighted by molar-refractivity contribution is 1.75. The average Bonchev–Trinajstić information content (AvgIpc) is 2.31. The predicted octanol–water partition coefficient (Wildman–Crippen LogP) is 3.44. The predicted molar refractivity (Wildman–Crippen MR) is 70.8 cm³/mol. The van der Waals surface area contributed by atoms with Crippen LogP contribution in [-0.2, 0) is 0 Å². The summed E-state index contributed by atoms with van der Waals surface area (Å²) < 4.78 is 0. The van der Waals surface area contributed by atoms with Crippen LogP contribution in [0.4, 0.5) is 0 Å². The van der Waals surface area contributed by atoms with Crippen LogP contribution in [0.1, 0.15) is 0 Å². The fourth-order valence-corrected chi connectivity index (χ4v) is 4.00. The highest BCUT2D eigenvalue weighted by Gasteiger charge is 2.35. The van der Waals surface area contributed by atoms with Crippen molar-refractivity contribution < 1.29 is 0 Å². The van der Waals surface area contributed by atoms with Gasteiger partial charge < -0.3 is 0 Å². The van der Waals surface area contributed by atoms with Gasteiger partial charge in [-0.25, -0.2) is 0 Å². The SMILES string of the molecule is C[P+](Cl)(c1ccccc1)c1ccccc1. The van der Waals surface area contributed by atoms with Gasteiger partial charge in [-0.1, -0.05) is 36.4 Å². The third-order valence-electron chi connectivity index (χ3n) is 2.48. The van der Waals surface area contributed by atoms with Crippen LogP contribution < -0.4 is 10.6 Å². The third-order valence-corrected chi connectivity index (χ3v) is 6.19. The van der Waals surface area contributed by atoms with Crippen LogP contribution in [0, 0.1) is 0 Å². The largest absolute Gasteiger partial charge is 0.175 e. The molecule has 0 aliphatic heterocycles. The minimum atomic E-state index is -1.68. The normalized spacial score (nSPS) is 11.3. The van der Waals surface area contributed by atoms with Gasteiger partial charge in [-0.3, -0.25) is 0 Å². The summed E-state index contributed by atoms with van der Waals surface area (Å²) >= 11 is 6.70. The summed E-state index contributed by atoms with van der Waals surface area (Å²) in [6.45, 7) is 0.463. The standard InChI is InChI=1S/C13H13ClP/c1-15(14,12-8-4-2-5-9-12)13-10-6-3-7-11-13/h2-11H,1H3/q+1. The van der Waals surface area contributed by atoms with E-state index in [2.05, 4.69) is 30.9 Å². The highest BCUT2D eigenvalue weighted by atomic mass is 35.7. The molecule has 0 aliphatic rings. The summed E-state index contributed by atoms with van der Waals surface area (Å²) in [6, 6.07) is 20.6. The summed E-state index contributed by atoms with van der Waals surface area (Å²) in [7, 11) is 0. The number of hydrogen-bond donors (Lipinski definition) is 0. The molecule has 76 valence electrons. The molecule has 0 saturated heterocycles. The Kier molecular flexibility index (Phi) is 3.09. The molecule has 2 heteroatoms. The molecule has 0 amide bonds. The van der Waals surface area contributed by atoms with Gasteiger partial charge in [0.15, 0.2) is 6.62 Å². The maximum absolute atomic E-state index is 6.70. The molecular weight excluding hydrogens is 223 g/mol. The Balaban J connectivity index is 2.44. The van der Waals surface area contributed by atoms with Gasteiger partial charge in [-0.15, -0.1) is 0 Å². The molecular formula is C13H13ClP+. The Bertz CT molecular complexity index is 381. The van der Waals surface area contributed by atoms with E-state index in [-0.39, 0.29) is 0 Å². The average molecular weight is 236 g/mol. The van der Waals surface area contributed by atoms with Crippen LogP contribution >= 0.6 is 17.9 Å². The van der Waals surface area contributed by atoms with Crippen LogP contribution in [0.15, 0.2) is 60.7 Å². The molecule has 0 aliphatic carbocycles. The second-order valence-electron chi connectivity index (χ2n) is 3.57. The van der Waals surface area contributed by atoms with E-state index in [1.54, 1.807) is 0 Å². The molecule has 0 heterocycles. The van der Waals surface area contributed by atoms with E-state index in [0.29, 0.717) is 0 Å². The molecule has 0 bridgehead atoms. The van der Waals surface area contributed by atoms with Crippen molar-refractivity contribution in [3.05, 3.63) is 60.7 Å². The summed E-state index contributed by atoms with van der Waals surface area (Å²) in [6.07, 6.45) is 0. The number of rotatable bonds is 2. The topological polar surface area (TPSA) is 0 Å². The quantitative estimate of drug-likeness (QED) is 0.700. The zero-order chi connectivity index (χ0) is 10.7. The number of benzene rings is 2. The first-order valence-corrected chi connectivity index (χ1v) is 8.03. The lowest BCUT2D eigenvalue weighted by atomic mass is 10.4. The van der Waals surface area contributed by atoms with E-state index in [9.17, 15) is 0 Å². The molecule has 0 radical (unpaired) electrons. The minimum Gasteiger partial charge on any atom is -0.0620 e. The van der Waals surface area contributed by atoms with Crippen molar-refractivity contribution in [1.82, 2.24) is 0 Å². The second-order valence-corrected chi connectivity index (χ2v) is 8.42. The maximum atomic E-state index is 6.70. The van der Waals surface area contributed by atoms with E-state index in [4.69, 9.17) is 11.2 Å². The maximum Gasteiger partial charge on any atom is 0.175 e. The van der Waals surface area contributed by atoms with Crippen molar-refractivity contribution in [2.24, 2.45) is 0 Å². The molecule has 2 aromatic carbocycles. The highest BCUT2D eigenvalue weighted by Crippen LogP contribution is 2.57. The van der Waals surface area contributed by atoms with Gasteiger partial charge >= 0.3 is 0 Å². The second kappa shape index (κ2) is 4.35. The summed E-state index contributed by atoms with van der Waals surface area (Å²) in [5.74, 6) is 0. The van der Waals surface area contributed by atoms with Crippen molar-refractivity contribution in [3.63, 3.8) is 0 Å². The van der Waals surface area contributed by atoms with Crippen molar-refractivity contribution in [1.29, 1.82) is 0 Å². The van der Waals surface area contributed by atoms with Crippen LogP contribution in [0.5, 0.6) is 0 Å². The lowest BCUT2D eigenvalue weighted by Gasteiger charge is -2.13. The van der Waals surface area contributed by atoms with E-state index >= 15 is 0 Å². The molecule has 0 aromatic heterocycles. The highest BCUT2D eigenvalue weighted by molar-refractivity contribution is 8.09. The Morgan fingerprint density at radius 3 is 1.40 bits per heavy atom. The molecule has 0 atom stereocenters. The van der Waals surface area contributed by atoms with Crippen molar-refractivity contribution in [2.75, 3.05) is 6.66 Å². The summed E-state index contributed by atoms with van der Waals surface area (Å²) in [4.78, 5) is 0. The molecule has 0 unspecified atom stereocenters.